The fraction of sp³-hybridized carbons (Fsp3) is 0.286. The monoisotopic (exact) mass is 515 g/mol. The lowest BCUT2D eigenvalue weighted by Gasteiger charge is -2.22. The lowest BCUT2D eigenvalue weighted by atomic mass is 10.1. The van der Waals surface area contributed by atoms with Crippen molar-refractivity contribution in [3.8, 4) is 22.8 Å². The molecule has 0 fully saturated rings. The number of carbonyl (C=O) groups excluding carboxylic acids is 1. The van der Waals surface area contributed by atoms with E-state index < -0.39 is 0 Å². The number of likely N-dealkylation sites (N-methyl/N-ethyl adjacent to an activating group) is 1. The number of hydrogen-bond acceptors (Lipinski definition) is 8. The zero-order chi connectivity index (χ0) is 27.2. The van der Waals surface area contributed by atoms with Gasteiger partial charge in [0.05, 0.1) is 35.9 Å². The SMILES string of the molecule is C=CC(=O)Nc1cc(Nc2cc(-c3ccc4cnn(C)c4c3)ncn2)c(OC)cc1OCCN(C)C(C)C. The minimum absolute atomic E-state index is 0.347. The third-order valence-electron chi connectivity index (χ3n) is 6.30. The van der Waals surface area contributed by atoms with Crippen LogP contribution < -0.4 is 20.1 Å². The van der Waals surface area contributed by atoms with Crippen molar-refractivity contribution in [2.75, 3.05) is 37.9 Å². The number of hydrogen-bond donors (Lipinski definition) is 2. The average Bonchev–Trinajstić information content (AvgIpc) is 3.29. The summed E-state index contributed by atoms with van der Waals surface area (Å²) in [6.45, 7) is 8.96. The molecule has 2 N–H and O–H groups in total. The van der Waals surface area contributed by atoms with Crippen molar-refractivity contribution in [3.63, 3.8) is 0 Å². The highest BCUT2D eigenvalue weighted by atomic mass is 16.5. The van der Waals surface area contributed by atoms with Crippen LogP contribution in [0.3, 0.4) is 0 Å². The molecule has 38 heavy (non-hydrogen) atoms. The maximum Gasteiger partial charge on any atom is 0.247 e. The van der Waals surface area contributed by atoms with Gasteiger partial charge in [0.25, 0.3) is 0 Å². The second kappa shape index (κ2) is 11.7. The second-order valence-electron chi connectivity index (χ2n) is 9.12. The number of methoxy groups -OCH3 is 1. The predicted molar refractivity (Wildman–Crippen MR) is 150 cm³/mol. The van der Waals surface area contributed by atoms with Crippen LogP contribution in [0.25, 0.3) is 22.2 Å². The Morgan fingerprint density at radius 2 is 1.97 bits per heavy atom. The number of amides is 1. The highest BCUT2D eigenvalue weighted by Gasteiger charge is 2.15. The maximum atomic E-state index is 12.2. The van der Waals surface area contributed by atoms with Crippen LogP contribution in [0.4, 0.5) is 17.2 Å². The number of aryl methyl sites for hydroxylation is 1. The Kier molecular flexibility index (Phi) is 8.22. The molecule has 4 aromatic rings. The van der Waals surface area contributed by atoms with Crippen LogP contribution in [0.2, 0.25) is 0 Å². The first-order chi connectivity index (χ1) is 18.3. The summed E-state index contributed by atoms with van der Waals surface area (Å²) < 4.78 is 13.5. The highest BCUT2D eigenvalue weighted by molar-refractivity contribution is 6.00. The highest BCUT2D eigenvalue weighted by Crippen LogP contribution is 2.38. The fourth-order valence-electron chi connectivity index (χ4n) is 3.81. The molecule has 1 amide bonds. The number of nitrogens with zero attached hydrogens (tertiary/aromatic N) is 5. The lowest BCUT2D eigenvalue weighted by Crippen LogP contribution is -2.30. The van der Waals surface area contributed by atoms with Gasteiger partial charge in [0, 0.05) is 42.7 Å². The smallest absolute Gasteiger partial charge is 0.247 e. The molecule has 4 rings (SSSR count). The van der Waals surface area contributed by atoms with Gasteiger partial charge < -0.3 is 25.0 Å². The molecular weight excluding hydrogens is 482 g/mol. The van der Waals surface area contributed by atoms with Crippen LogP contribution in [0.15, 0.2) is 61.6 Å². The van der Waals surface area contributed by atoms with E-state index in [1.807, 2.05) is 49.2 Å². The molecule has 0 aliphatic rings. The topological polar surface area (TPSA) is 106 Å². The van der Waals surface area contributed by atoms with E-state index >= 15 is 0 Å². The summed E-state index contributed by atoms with van der Waals surface area (Å²) in [4.78, 5) is 23.2. The zero-order valence-corrected chi connectivity index (χ0v) is 22.4. The van der Waals surface area contributed by atoms with Gasteiger partial charge in [-0.3, -0.25) is 9.48 Å². The quantitative estimate of drug-likeness (QED) is 0.279. The lowest BCUT2D eigenvalue weighted by molar-refractivity contribution is -0.111. The van der Waals surface area contributed by atoms with Crippen molar-refractivity contribution in [1.29, 1.82) is 0 Å². The van der Waals surface area contributed by atoms with Gasteiger partial charge in [0.1, 0.15) is 30.3 Å². The molecule has 198 valence electrons. The van der Waals surface area contributed by atoms with Crippen LogP contribution in [0.5, 0.6) is 11.5 Å². The molecule has 0 aliphatic carbocycles. The van der Waals surface area contributed by atoms with Crippen molar-refractivity contribution in [2.24, 2.45) is 7.05 Å². The average molecular weight is 516 g/mol. The summed E-state index contributed by atoms with van der Waals surface area (Å²) in [6.07, 6.45) is 4.54. The molecule has 0 saturated carbocycles. The molecule has 2 aromatic carbocycles. The number of anilines is 3. The molecule has 2 aromatic heterocycles. The third kappa shape index (κ3) is 6.09. The molecule has 0 aliphatic heterocycles. The number of ether oxygens (including phenoxy) is 2. The van der Waals surface area contributed by atoms with E-state index in [1.54, 1.807) is 19.2 Å². The Bertz CT molecular complexity index is 1450. The van der Waals surface area contributed by atoms with Gasteiger partial charge >= 0.3 is 0 Å². The van der Waals surface area contributed by atoms with Gasteiger partial charge in [-0.2, -0.15) is 5.10 Å². The fourth-order valence-corrected chi connectivity index (χ4v) is 3.81. The van der Waals surface area contributed by atoms with Gasteiger partial charge in [-0.15, -0.1) is 0 Å². The van der Waals surface area contributed by atoms with Gasteiger partial charge in [0.15, 0.2) is 0 Å². The molecule has 0 bridgehead atoms. The van der Waals surface area contributed by atoms with Crippen LogP contribution in [0, 0.1) is 0 Å². The first kappa shape index (κ1) is 26.6. The molecule has 0 radical (unpaired) electrons. The third-order valence-corrected chi connectivity index (χ3v) is 6.30. The summed E-state index contributed by atoms with van der Waals surface area (Å²) >= 11 is 0. The number of fused-ring (bicyclic) bond motifs is 1. The van der Waals surface area contributed by atoms with E-state index in [9.17, 15) is 4.79 Å². The Balaban J connectivity index is 1.62. The molecule has 0 atom stereocenters. The van der Waals surface area contributed by atoms with Crippen LogP contribution in [0.1, 0.15) is 13.8 Å². The summed E-state index contributed by atoms with van der Waals surface area (Å²) in [6, 6.07) is 11.8. The normalized spacial score (nSPS) is 11.1. The van der Waals surface area contributed by atoms with E-state index in [2.05, 4.69) is 51.0 Å². The Morgan fingerprint density at radius 1 is 1.16 bits per heavy atom. The van der Waals surface area contributed by atoms with Gasteiger partial charge in [-0.25, -0.2) is 9.97 Å². The molecule has 0 spiro atoms. The van der Waals surface area contributed by atoms with Crippen LogP contribution >= 0.6 is 0 Å². The standard InChI is InChI=1S/C28H33N7O3/c1-7-28(36)33-23-13-22(25(37-6)15-26(23)38-11-10-34(4)18(2)3)32-27-14-21(29-17-30-27)19-8-9-20-16-31-35(5)24(20)12-19/h7-9,12-18H,1,10-11H2,2-6H3,(H,33,36)(H,29,30,32). The molecule has 10 nitrogen and oxygen atoms in total. The predicted octanol–water partition coefficient (Wildman–Crippen LogP) is 4.63. The van der Waals surface area contributed by atoms with Crippen LogP contribution in [-0.4, -0.2) is 63.9 Å². The summed E-state index contributed by atoms with van der Waals surface area (Å²) in [7, 11) is 5.52. The minimum atomic E-state index is -0.347. The molecule has 0 saturated heterocycles. The summed E-state index contributed by atoms with van der Waals surface area (Å²) in [5, 5.41) is 11.5. The second-order valence-corrected chi connectivity index (χ2v) is 9.12. The van der Waals surface area contributed by atoms with Gasteiger partial charge in [-0.1, -0.05) is 18.7 Å². The van der Waals surface area contributed by atoms with E-state index in [0.717, 1.165) is 28.7 Å². The number of benzene rings is 2. The Morgan fingerprint density at radius 3 is 2.71 bits per heavy atom. The largest absolute Gasteiger partial charge is 0.494 e. The van der Waals surface area contributed by atoms with E-state index in [-0.39, 0.29) is 5.91 Å². The summed E-state index contributed by atoms with van der Waals surface area (Å²) in [5.74, 6) is 1.24. The van der Waals surface area contributed by atoms with Gasteiger partial charge in [-0.05, 0) is 39.1 Å². The Hall–Kier alpha value is -4.44. The van der Waals surface area contributed by atoms with Crippen molar-refractivity contribution >= 4 is 34.0 Å². The number of aromatic nitrogens is 4. The van der Waals surface area contributed by atoms with E-state index in [4.69, 9.17) is 9.47 Å². The van der Waals surface area contributed by atoms with Crippen molar-refractivity contribution in [1.82, 2.24) is 24.6 Å². The van der Waals surface area contributed by atoms with Crippen molar-refractivity contribution in [3.05, 3.63) is 61.6 Å². The summed E-state index contributed by atoms with van der Waals surface area (Å²) in [5.41, 5.74) is 3.79. The van der Waals surface area contributed by atoms with Crippen molar-refractivity contribution in [2.45, 2.75) is 19.9 Å². The first-order valence-corrected chi connectivity index (χ1v) is 12.3. The minimum Gasteiger partial charge on any atom is -0.494 e. The molecule has 2 heterocycles. The first-order valence-electron chi connectivity index (χ1n) is 12.3. The van der Waals surface area contributed by atoms with Gasteiger partial charge in [0.2, 0.25) is 5.91 Å². The number of rotatable bonds is 11. The molecule has 10 heteroatoms. The zero-order valence-electron chi connectivity index (χ0n) is 22.4. The van der Waals surface area contributed by atoms with E-state index in [0.29, 0.717) is 41.3 Å². The van der Waals surface area contributed by atoms with Crippen LogP contribution in [-0.2, 0) is 11.8 Å². The molecule has 0 unspecified atom stereocenters. The Labute approximate surface area is 222 Å². The van der Waals surface area contributed by atoms with Crippen molar-refractivity contribution < 1.29 is 14.3 Å². The van der Waals surface area contributed by atoms with E-state index in [1.165, 1.54) is 12.4 Å². The maximum absolute atomic E-state index is 12.2. The number of nitrogens with one attached hydrogen (secondary N) is 2. The number of carbonyl (C=O) groups is 1. The molecular formula is C28H33N7O3.